The number of pyridine rings is 1. The summed E-state index contributed by atoms with van der Waals surface area (Å²) in [5, 5.41) is 0. The number of H-pyrrole nitrogens is 1. The molecule has 0 radical (unpaired) electrons. The highest BCUT2D eigenvalue weighted by Crippen LogP contribution is 2.06. The summed E-state index contributed by atoms with van der Waals surface area (Å²) in [6.07, 6.45) is 3.28. The molecule has 1 aromatic heterocycles. The molecule has 3 N–H and O–H groups in total. The smallest absolute Gasteiger partial charge is 0.252 e. The molecule has 64 valence electrons. The van der Waals surface area contributed by atoms with Gasteiger partial charge in [-0.05, 0) is 18.6 Å². The number of nitrogens with two attached hydrogens (primary N) is 1. The van der Waals surface area contributed by atoms with Gasteiger partial charge in [-0.25, -0.2) is 0 Å². The van der Waals surface area contributed by atoms with E-state index in [4.69, 9.17) is 5.73 Å². The number of aromatic amines is 1. The zero-order chi connectivity index (χ0) is 9.14. The molecule has 0 bridgehead atoms. The quantitative estimate of drug-likeness (QED) is 0.686. The number of hydrogen-bond acceptors (Lipinski definition) is 2. The maximum absolute atomic E-state index is 11.2. The van der Waals surface area contributed by atoms with Gasteiger partial charge in [-0.2, -0.15) is 0 Å². The molecule has 3 nitrogen and oxygen atoms in total. The molecule has 0 aliphatic carbocycles. The molecule has 0 aliphatic rings. The average Bonchev–Trinajstić information content (AvgIpc) is 2.05. The van der Waals surface area contributed by atoms with Gasteiger partial charge in [0.15, 0.2) is 0 Å². The predicted octanol–water partition coefficient (Wildman–Crippen LogP) is 1.04. The molecule has 1 rings (SSSR count). The number of nitrogens with one attached hydrogen (secondary N) is 1. The van der Waals surface area contributed by atoms with Crippen molar-refractivity contribution in [2.24, 2.45) is 5.73 Å². The molecule has 0 saturated carbocycles. The molecule has 0 amide bonds. The van der Waals surface area contributed by atoms with Crippen molar-refractivity contribution in [3.05, 3.63) is 40.3 Å². The summed E-state index contributed by atoms with van der Waals surface area (Å²) >= 11 is 0. The van der Waals surface area contributed by atoms with Gasteiger partial charge in [0.2, 0.25) is 0 Å². The Kier molecular flexibility index (Phi) is 2.45. The molecule has 1 heterocycles. The molecule has 0 saturated heterocycles. The highest BCUT2D eigenvalue weighted by molar-refractivity contribution is 5.46. The zero-order valence-electron chi connectivity index (χ0n) is 7.00. The lowest BCUT2D eigenvalue weighted by Gasteiger charge is -2.03. The number of hydrogen-bond donors (Lipinski definition) is 2. The topological polar surface area (TPSA) is 58.9 Å². The molecule has 1 aromatic rings. The van der Waals surface area contributed by atoms with Gasteiger partial charge in [-0.15, -0.1) is 0 Å². The summed E-state index contributed by atoms with van der Waals surface area (Å²) in [4.78, 5) is 13.8. The first-order chi connectivity index (χ1) is 5.65. The Bertz CT molecular complexity index is 339. The van der Waals surface area contributed by atoms with E-state index < -0.39 is 0 Å². The van der Waals surface area contributed by atoms with Crippen LogP contribution >= 0.6 is 0 Å². The van der Waals surface area contributed by atoms with Crippen molar-refractivity contribution in [3.63, 3.8) is 0 Å². The summed E-state index contributed by atoms with van der Waals surface area (Å²) in [7, 11) is 0. The van der Waals surface area contributed by atoms with Crippen LogP contribution in [0.4, 0.5) is 0 Å². The van der Waals surface area contributed by atoms with E-state index in [2.05, 4.69) is 11.6 Å². The fourth-order valence-corrected chi connectivity index (χ4v) is 0.975. The van der Waals surface area contributed by atoms with Gasteiger partial charge < -0.3 is 10.7 Å². The van der Waals surface area contributed by atoms with Crippen molar-refractivity contribution in [1.29, 1.82) is 0 Å². The second-order valence-corrected chi connectivity index (χ2v) is 2.71. The number of aromatic nitrogens is 1. The first-order valence-electron chi connectivity index (χ1n) is 3.76. The molecule has 0 aliphatic heterocycles. The van der Waals surface area contributed by atoms with Crippen LogP contribution in [-0.4, -0.2) is 4.98 Å². The van der Waals surface area contributed by atoms with Crippen LogP contribution in [0.5, 0.6) is 0 Å². The molecule has 3 heteroatoms. The van der Waals surface area contributed by atoms with Gasteiger partial charge in [0.1, 0.15) is 0 Å². The van der Waals surface area contributed by atoms with Crippen LogP contribution in [0.15, 0.2) is 23.6 Å². The molecular formula is C9H12N2O. The van der Waals surface area contributed by atoms with Crippen molar-refractivity contribution in [3.8, 4) is 0 Å². The first kappa shape index (κ1) is 8.74. The summed E-state index contributed by atoms with van der Waals surface area (Å²) in [5.41, 5.74) is 6.92. The van der Waals surface area contributed by atoms with E-state index in [0.717, 1.165) is 5.56 Å². The van der Waals surface area contributed by atoms with Gasteiger partial charge in [-0.3, -0.25) is 4.79 Å². The Labute approximate surface area is 70.9 Å². The minimum atomic E-state index is -0.242. The van der Waals surface area contributed by atoms with Gasteiger partial charge in [0.05, 0.1) is 0 Å². The van der Waals surface area contributed by atoms with Crippen molar-refractivity contribution in [2.75, 3.05) is 0 Å². The standard InChI is InChI=1S/C9H12N2O/c1-3-7-4-8(6(2)10)9(12)11-5-7/h3-6H,1,10H2,2H3,(H,11,12)/t6-/m0/s1. The number of rotatable bonds is 2. The predicted molar refractivity (Wildman–Crippen MR) is 49.8 cm³/mol. The minimum absolute atomic E-state index is 0.129. The molecule has 0 aromatic carbocycles. The Morgan fingerprint density at radius 1 is 1.75 bits per heavy atom. The van der Waals surface area contributed by atoms with E-state index in [1.54, 1.807) is 25.3 Å². The van der Waals surface area contributed by atoms with Crippen LogP contribution in [-0.2, 0) is 0 Å². The lowest BCUT2D eigenvalue weighted by molar-refractivity contribution is 0.799. The van der Waals surface area contributed by atoms with Crippen LogP contribution in [0, 0.1) is 0 Å². The largest absolute Gasteiger partial charge is 0.328 e. The summed E-state index contributed by atoms with van der Waals surface area (Å²) in [6, 6.07) is 1.50. The van der Waals surface area contributed by atoms with Gasteiger partial charge in [0.25, 0.3) is 5.56 Å². The maximum atomic E-state index is 11.2. The summed E-state index contributed by atoms with van der Waals surface area (Å²) in [6.45, 7) is 5.37. The third kappa shape index (κ3) is 1.62. The van der Waals surface area contributed by atoms with Crippen LogP contribution in [0.3, 0.4) is 0 Å². The van der Waals surface area contributed by atoms with E-state index in [0.29, 0.717) is 5.56 Å². The molecule has 12 heavy (non-hydrogen) atoms. The monoisotopic (exact) mass is 164 g/mol. The van der Waals surface area contributed by atoms with Crippen LogP contribution in [0.1, 0.15) is 24.1 Å². The van der Waals surface area contributed by atoms with Crippen molar-refractivity contribution < 1.29 is 0 Å². The third-order valence-corrected chi connectivity index (χ3v) is 1.68. The lowest BCUT2D eigenvalue weighted by atomic mass is 10.1. The third-order valence-electron chi connectivity index (χ3n) is 1.68. The van der Waals surface area contributed by atoms with Gasteiger partial charge >= 0.3 is 0 Å². The highest BCUT2D eigenvalue weighted by Gasteiger charge is 2.04. The van der Waals surface area contributed by atoms with E-state index in [9.17, 15) is 4.79 Å². The second kappa shape index (κ2) is 3.36. The van der Waals surface area contributed by atoms with Crippen molar-refractivity contribution in [2.45, 2.75) is 13.0 Å². The second-order valence-electron chi connectivity index (χ2n) is 2.71. The highest BCUT2D eigenvalue weighted by atomic mass is 16.1. The Morgan fingerprint density at radius 2 is 2.42 bits per heavy atom. The van der Waals surface area contributed by atoms with Crippen LogP contribution in [0.2, 0.25) is 0 Å². The van der Waals surface area contributed by atoms with Gasteiger partial charge in [0, 0.05) is 17.8 Å². The Balaban J connectivity index is 3.26. The van der Waals surface area contributed by atoms with Crippen molar-refractivity contribution in [1.82, 2.24) is 4.98 Å². The molecule has 0 unspecified atom stereocenters. The van der Waals surface area contributed by atoms with Gasteiger partial charge in [-0.1, -0.05) is 12.7 Å². The van der Waals surface area contributed by atoms with Crippen LogP contribution in [0.25, 0.3) is 6.08 Å². The average molecular weight is 164 g/mol. The molecular weight excluding hydrogens is 152 g/mol. The Hall–Kier alpha value is -1.35. The van der Waals surface area contributed by atoms with E-state index in [1.807, 2.05) is 0 Å². The maximum Gasteiger partial charge on any atom is 0.252 e. The minimum Gasteiger partial charge on any atom is -0.328 e. The Morgan fingerprint density at radius 3 is 2.92 bits per heavy atom. The van der Waals surface area contributed by atoms with E-state index in [-0.39, 0.29) is 11.6 Å². The normalized spacial score (nSPS) is 12.5. The molecule has 0 fully saturated rings. The first-order valence-corrected chi connectivity index (χ1v) is 3.76. The van der Waals surface area contributed by atoms with E-state index >= 15 is 0 Å². The van der Waals surface area contributed by atoms with E-state index in [1.165, 1.54) is 0 Å². The molecule has 0 spiro atoms. The summed E-state index contributed by atoms with van der Waals surface area (Å²) < 4.78 is 0. The van der Waals surface area contributed by atoms with Crippen molar-refractivity contribution >= 4 is 6.08 Å². The van der Waals surface area contributed by atoms with Crippen LogP contribution < -0.4 is 11.3 Å². The fourth-order valence-electron chi connectivity index (χ4n) is 0.975. The lowest BCUT2D eigenvalue weighted by Crippen LogP contribution is -2.19. The molecule has 1 atom stereocenters. The summed E-state index contributed by atoms with van der Waals surface area (Å²) in [5.74, 6) is 0. The zero-order valence-corrected chi connectivity index (χ0v) is 7.00. The SMILES string of the molecule is C=Cc1c[nH]c(=O)c([C@H](C)N)c1. The fraction of sp³-hybridized carbons (Fsp3) is 0.222.